The highest BCUT2D eigenvalue weighted by atomic mass is 16.4. The minimum absolute atomic E-state index is 0.391. The van der Waals surface area contributed by atoms with Crippen molar-refractivity contribution in [3.8, 4) is 0 Å². The summed E-state index contributed by atoms with van der Waals surface area (Å²) in [5.41, 5.74) is 1.24. The zero-order valence-electron chi connectivity index (χ0n) is 10.6. The second-order valence-corrected chi connectivity index (χ2v) is 4.39. The predicted octanol–water partition coefficient (Wildman–Crippen LogP) is 3.05. The van der Waals surface area contributed by atoms with Crippen LogP contribution in [0.5, 0.6) is 0 Å². The first-order valence-corrected chi connectivity index (χ1v) is 6.19. The second kappa shape index (κ2) is 7.07. The molecule has 3 heteroatoms. The van der Waals surface area contributed by atoms with Gasteiger partial charge in [0.05, 0.1) is 5.56 Å². The number of aromatic carboxylic acids is 1. The van der Waals surface area contributed by atoms with Crippen LogP contribution >= 0.6 is 0 Å². The first kappa shape index (κ1) is 13.7. The zero-order valence-corrected chi connectivity index (χ0v) is 10.6. The van der Waals surface area contributed by atoms with Crippen molar-refractivity contribution < 1.29 is 9.90 Å². The van der Waals surface area contributed by atoms with E-state index in [1.54, 1.807) is 12.1 Å². The van der Waals surface area contributed by atoms with Crippen molar-refractivity contribution in [1.82, 2.24) is 5.32 Å². The number of carbonyl (C=O) groups is 1. The average molecular weight is 235 g/mol. The van der Waals surface area contributed by atoms with Crippen LogP contribution in [0.25, 0.3) is 0 Å². The molecule has 0 spiro atoms. The van der Waals surface area contributed by atoms with Gasteiger partial charge in [-0.3, -0.25) is 0 Å². The third kappa shape index (κ3) is 4.57. The normalized spacial score (nSPS) is 12.4. The van der Waals surface area contributed by atoms with Crippen molar-refractivity contribution in [2.45, 2.75) is 45.7 Å². The summed E-state index contributed by atoms with van der Waals surface area (Å²) in [5, 5.41) is 12.4. The van der Waals surface area contributed by atoms with E-state index >= 15 is 0 Å². The lowest BCUT2D eigenvalue weighted by Gasteiger charge is -2.14. The number of nitrogens with one attached hydrogen (secondary N) is 1. The summed E-state index contributed by atoms with van der Waals surface area (Å²) in [7, 11) is 0. The van der Waals surface area contributed by atoms with E-state index in [2.05, 4.69) is 19.2 Å². The summed E-state index contributed by atoms with van der Waals surface area (Å²) in [6, 6.07) is 7.57. The highest BCUT2D eigenvalue weighted by Crippen LogP contribution is 2.09. The van der Waals surface area contributed by atoms with Gasteiger partial charge in [0.1, 0.15) is 0 Å². The maximum atomic E-state index is 11.0. The Morgan fingerprint density at radius 1 is 1.41 bits per heavy atom. The van der Waals surface area contributed by atoms with E-state index in [1.807, 2.05) is 12.1 Å². The molecule has 0 aliphatic rings. The molecule has 3 nitrogen and oxygen atoms in total. The third-order valence-corrected chi connectivity index (χ3v) is 2.88. The van der Waals surface area contributed by atoms with E-state index in [1.165, 1.54) is 12.8 Å². The minimum Gasteiger partial charge on any atom is -0.478 e. The van der Waals surface area contributed by atoms with Crippen molar-refractivity contribution in [2.75, 3.05) is 0 Å². The van der Waals surface area contributed by atoms with Crippen molar-refractivity contribution in [3.63, 3.8) is 0 Å². The van der Waals surface area contributed by atoms with Gasteiger partial charge in [0.2, 0.25) is 0 Å². The van der Waals surface area contributed by atoms with Crippen LogP contribution in [0.4, 0.5) is 0 Å². The van der Waals surface area contributed by atoms with Gasteiger partial charge in [-0.15, -0.1) is 0 Å². The SMILES string of the molecule is CCCCC(C)NCc1ccccc1C(=O)O. The molecule has 0 aliphatic heterocycles. The lowest BCUT2D eigenvalue weighted by atomic mass is 10.1. The third-order valence-electron chi connectivity index (χ3n) is 2.88. The van der Waals surface area contributed by atoms with Gasteiger partial charge in [0, 0.05) is 12.6 Å². The molecule has 17 heavy (non-hydrogen) atoms. The Morgan fingerprint density at radius 2 is 2.12 bits per heavy atom. The average Bonchev–Trinajstić information content (AvgIpc) is 2.34. The standard InChI is InChI=1S/C14H21NO2/c1-3-4-7-11(2)15-10-12-8-5-6-9-13(12)14(16)17/h5-6,8-9,11,15H,3-4,7,10H2,1-2H3,(H,16,17). The summed E-state index contributed by atoms with van der Waals surface area (Å²) in [6.45, 7) is 4.93. The van der Waals surface area contributed by atoms with Gasteiger partial charge in [-0.1, -0.05) is 38.0 Å². The quantitative estimate of drug-likeness (QED) is 0.763. The van der Waals surface area contributed by atoms with Gasteiger partial charge in [0.15, 0.2) is 0 Å². The first-order valence-electron chi connectivity index (χ1n) is 6.19. The van der Waals surface area contributed by atoms with Crippen molar-refractivity contribution in [1.29, 1.82) is 0 Å². The van der Waals surface area contributed by atoms with Gasteiger partial charge >= 0.3 is 5.97 Å². The van der Waals surface area contributed by atoms with Gasteiger partial charge < -0.3 is 10.4 Å². The number of hydrogen-bond donors (Lipinski definition) is 2. The summed E-state index contributed by atoms with van der Waals surface area (Å²) in [6.07, 6.45) is 3.53. The Morgan fingerprint density at radius 3 is 2.76 bits per heavy atom. The van der Waals surface area contributed by atoms with Gasteiger partial charge in [-0.05, 0) is 25.0 Å². The Balaban J connectivity index is 2.54. The minimum atomic E-state index is -0.858. The molecule has 1 aromatic carbocycles. The van der Waals surface area contributed by atoms with Crippen molar-refractivity contribution in [2.24, 2.45) is 0 Å². The monoisotopic (exact) mass is 235 g/mol. The molecular formula is C14H21NO2. The number of carboxylic acid groups (broad SMARTS) is 1. The largest absolute Gasteiger partial charge is 0.478 e. The summed E-state index contributed by atoms with van der Waals surface area (Å²) in [4.78, 5) is 11.0. The van der Waals surface area contributed by atoms with Crippen LogP contribution in [-0.2, 0) is 6.54 Å². The van der Waals surface area contributed by atoms with E-state index < -0.39 is 5.97 Å². The number of rotatable bonds is 7. The highest BCUT2D eigenvalue weighted by molar-refractivity contribution is 5.89. The van der Waals surface area contributed by atoms with Crippen LogP contribution in [0.1, 0.15) is 49.0 Å². The fourth-order valence-electron chi connectivity index (χ4n) is 1.78. The van der Waals surface area contributed by atoms with Crippen molar-refractivity contribution in [3.05, 3.63) is 35.4 Å². The van der Waals surface area contributed by atoms with E-state index in [9.17, 15) is 4.79 Å². The summed E-state index contributed by atoms with van der Waals surface area (Å²) < 4.78 is 0. The molecule has 0 bridgehead atoms. The van der Waals surface area contributed by atoms with Gasteiger partial charge in [-0.2, -0.15) is 0 Å². The molecule has 0 radical (unpaired) electrons. The Bertz CT molecular complexity index is 363. The van der Waals surface area contributed by atoms with Gasteiger partial charge in [-0.25, -0.2) is 4.79 Å². The topological polar surface area (TPSA) is 49.3 Å². The number of unbranched alkanes of at least 4 members (excludes halogenated alkanes) is 1. The molecule has 0 saturated carbocycles. The fourth-order valence-corrected chi connectivity index (χ4v) is 1.78. The molecule has 0 saturated heterocycles. The molecule has 94 valence electrons. The van der Waals surface area contributed by atoms with Crippen LogP contribution in [0.2, 0.25) is 0 Å². The number of benzene rings is 1. The Labute approximate surface area is 103 Å². The van der Waals surface area contributed by atoms with E-state index in [0.717, 1.165) is 12.0 Å². The molecule has 2 N–H and O–H groups in total. The first-order chi connectivity index (χ1) is 8.15. The van der Waals surface area contributed by atoms with Crippen LogP contribution in [0.3, 0.4) is 0 Å². The maximum absolute atomic E-state index is 11.0. The van der Waals surface area contributed by atoms with E-state index in [0.29, 0.717) is 18.2 Å². The molecule has 1 rings (SSSR count). The molecule has 0 aliphatic carbocycles. The van der Waals surface area contributed by atoms with Crippen molar-refractivity contribution >= 4 is 5.97 Å². The fraction of sp³-hybridized carbons (Fsp3) is 0.500. The second-order valence-electron chi connectivity index (χ2n) is 4.39. The number of hydrogen-bond acceptors (Lipinski definition) is 2. The predicted molar refractivity (Wildman–Crippen MR) is 69.2 cm³/mol. The molecule has 0 fully saturated rings. The van der Waals surface area contributed by atoms with Crippen LogP contribution in [0, 0.1) is 0 Å². The summed E-state index contributed by atoms with van der Waals surface area (Å²) in [5.74, 6) is -0.858. The lowest BCUT2D eigenvalue weighted by molar-refractivity contribution is 0.0695. The highest BCUT2D eigenvalue weighted by Gasteiger charge is 2.09. The Hall–Kier alpha value is -1.35. The lowest BCUT2D eigenvalue weighted by Crippen LogP contribution is -2.26. The van der Waals surface area contributed by atoms with E-state index in [-0.39, 0.29) is 0 Å². The molecule has 1 atom stereocenters. The molecule has 1 aromatic rings. The summed E-state index contributed by atoms with van der Waals surface area (Å²) >= 11 is 0. The van der Waals surface area contributed by atoms with Gasteiger partial charge in [0.25, 0.3) is 0 Å². The zero-order chi connectivity index (χ0) is 12.7. The molecular weight excluding hydrogens is 214 g/mol. The molecule has 0 heterocycles. The van der Waals surface area contributed by atoms with Crippen LogP contribution in [-0.4, -0.2) is 17.1 Å². The van der Waals surface area contributed by atoms with Crippen LogP contribution in [0.15, 0.2) is 24.3 Å². The number of carboxylic acids is 1. The van der Waals surface area contributed by atoms with Crippen LogP contribution < -0.4 is 5.32 Å². The maximum Gasteiger partial charge on any atom is 0.336 e. The molecule has 0 amide bonds. The molecule has 1 unspecified atom stereocenters. The smallest absolute Gasteiger partial charge is 0.336 e. The van der Waals surface area contributed by atoms with E-state index in [4.69, 9.17) is 5.11 Å². The Kier molecular flexibility index (Phi) is 5.70. The molecule has 0 aromatic heterocycles.